The molecule has 0 aromatic heterocycles. The van der Waals surface area contributed by atoms with Gasteiger partial charge in [-0.1, -0.05) is 30.3 Å². The summed E-state index contributed by atoms with van der Waals surface area (Å²) in [5.74, 6) is 0. The number of carbonyl (C=O) groups excluding carboxylic acids is 1. The van der Waals surface area contributed by atoms with Crippen LogP contribution >= 0.6 is 0 Å². The van der Waals surface area contributed by atoms with Gasteiger partial charge in [-0.15, -0.1) is 0 Å². The maximum atomic E-state index is 11.4. The van der Waals surface area contributed by atoms with E-state index in [1.54, 1.807) is 0 Å². The van der Waals surface area contributed by atoms with E-state index in [4.69, 9.17) is 4.74 Å². The molecule has 3 nitrogen and oxygen atoms in total. The van der Waals surface area contributed by atoms with Crippen LogP contribution in [0.5, 0.6) is 0 Å². The molecule has 3 heteroatoms. The number of hydrogen-bond acceptors (Lipinski definition) is 2. The van der Waals surface area contributed by atoms with E-state index in [1.807, 2.05) is 25.1 Å². The standard InChI is InChI=1S/C13H17NO2/c1-2-16-12(15)14-13(8-9-13)10-11-6-4-3-5-7-11/h3-7H,2,8-10H2,1H3,(H,14,15). The van der Waals surface area contributed by atoms with Crippen molar-refractivity contribution >= 4 is 6.09 Å². The van der Waals surface area contributed by atoms with Crippen LogP contribution < -0.4 is 5.32 Å². The fourth-order valence-electron chi connectivity index (χ4n) is 1.87. The van der Waals surface area contributed by atoms with Crippen molar-refractivity contribution in [2.24, 2.45) is 0 Å². The zero-order valence-corrected chi connectivity index (χ0v) is 9.53. The molecular formula is C13H17NO2. The van der Waals surface area contributed by atoms with E-state index in [0.29, 0.717) is 6.61 Å². The Kier molecular flexibility index (Phi) is 3.13. The summed E-state index contributed by atoms with van der Waals surface area (Å²) in [5.41, 5.74) is 1.21. The Bertz CT molecular complexity index is 357. The van der Waals surface area contributed by atoms with E-state index in [9.17, 15) is 4.79 Å². The predicted octanol–water partition coefficient (Wildman–Crippen LogP) is 2.51. The minimum atomic E-state index is -0.295. The molecule has 1 amide bonds. The molecule has 1 fully saturated rings. The molecule has 2 rings (SSSR count). The number of rotatable bonds is 4. The van der Waals surface area contributed by atoms with Gasteiger partial charge in [-0.25, -0.2) is 4.79 Å². The number of ether oxygens (including phenoxy) is 1. The van der Waals surface area contributed by atoms with Crippen LogP contribution in [0, 0.1) is 0 Å². The molecule has 86 valence electrons. The van der Waals surface area contributed by atoms with Crippen molar-refractivity contribution in [3.8, 4) is 0 Å². The van der Waals surface area contributed by atoms with Gasteiger partial charge in [-0.2, -0.15) is 0 Å². The highest BCUT2D eigenvalue weighted by atomic mass is 16.5. The monoisotopic (exact) mass is 219 g/mol. The zero-order valence-electron chi connectivity index (χ0n) is 9.53. The zero-order chi connectivity index (χ0) is 11.4. The van der Waals surface area contributed by atoms with E-state index in [-0.39, 0.29) is 11.6 Å². The number of carbonyl (C=O) groups is 1. The van der Waals surface area contributed by atoms with E-state index < -0.39 is 0 Å². The average molecular weight is 219 g/mol. The first-order valence-corrected chi connectivity index (χ1v) is 5.73. The molecule has 1 aliphatic rings. The highest BCUT2D eigenvalue weighted by Gasteiger charge is 2.44. The minimum Gasteiger partial charge on any atom is -0.450 e. The van der Waals surface area contributed by atoms with Crippen molar-refractivity contribution in [2.75, 3.05) is 6.61 Å². The van der Waals surface area contributed by atoms with Crippen molar-refractivity contribution in [3.05, 3.63) is 35.9 Å². The lowest BCUT2D eigenvalue weighted by atomic mass is 10.0. The molecule has 0 heterocycles. The van der Waals surface area contributed by atoms with Crippen LogP contribution in [0.25, 0.3) is 0 Å². The lowest BCUT2D eigenvalue weighted by molar-refractivity contribution is 0.146. The van der Waals surface area contributed by atoms with Gasteiger partial charge in [0.1, 0.15) is 0 Å². The van der Waals surface area contributed by atoms with Gasteiger partial charge < -0.3 is 10.1 Å². The van der Waals surface area contributed by atoms with Crippen LogP contribution in [0.1, 0.15) is 25.3 Å². The van der Waals surface area contributed by atoms with Gasteiger partial charge in [0, 0.05) is 5.54 Å². The van der Waals surface area contributed by atoms with Crippen LogP contribution in [0.4, 0.5) is 4.79 Å². The second kappa shape index (κ2) is 4.56. The van der Waals surface area contributed by atoms with Crippen LogP contribution in [-0.2, 0) is 11.2 Å². The topological polar surface area (TPSA) is 38.3 Å². The molecule has 16 heavy (non-hydrogen) atoms. The molecule has 1 aromatic rings. The fourth-order valence-corrected chi connectivity index (χ4v) is 1.87. The molecule has 1 saturated carbocycles. The molecule has 0 bridgehead atoms. The molecular weight excluding hydrogens is 202 g/mol. The first kappa shape index (κ1) is 11.0. The summed E-state index contributed by atoms with van der Waals surface area (Å²) in [6.45, 7) is 2.24. The second-order valence-corrected chi connectivity index (χ2v) is 4.29. The van der Waals surface area contributed by atoms with Gasteiger partial charge in [0.05, 0.1) is 6.61 Å². The van der Waals surface area contributed by atoms with Gasteiger partial charge in [-0.3, -0.25) is 0 Å². The van der Waals surface area contributed by atoms with Gasteiger partial charge >= 0.3 is 6.09 Å². The first-order chi connectivity index (χ1) is 7.74. The van der Waals surface area contributed by atoms with Crippen molar-refractivity contribution in [3.63, 3.8) is 0 Å². The minimum absolute atomic E-state index is 0.0480. The Labute approximate surface area is 95.8 Å². The van der Waals surface area contributed by atoms with Crippen LogP contribution in [0.3, 0.4) is 0 Å². The largest absolute Gasteiger partial charge is 0.450 e. The van der Waals surface area contributed by atoms with Gasteiger partial charge in [0.15, 0.2) is 0 Å². The van der Waals surface area contributed by atoms with Gasteiger partial charge in [-0.05, 0) is 31.7 Å². The summed E-state index contributed by atoms with van der Waals surface area (Å²) < 4.78 is 4.91. The Balaban J connectivity index is 1.92. The molecule has 0 aliphatic heterocycles. The second-order valence-electron chi connectivity index (χ2n) is 4.29. The average Bonchev–Trinajstić information content (AvgIpc) is 2.99. The van der Waals surface area contributed by atoms with Crippen LogP contribution in [0.2, 0.25) is 0 Å². The molecule has 0 unspecified atom stereocenters. The third-order valence-corrected chi connectivity index (χ3v) is 2.88. The van der Waals surface area contributed by atoms with Crippen LogP contribution in [0.15, 0.2) is 30.3 Å². The SMILES string of the molecule is CCOC(=O)NC1(Cc2ccccc2)CC1. The summed E-state index contributed by atoms with van der Waals surface area (Å²) >= 11 is 0. The molecule has 1 N–H and O–H groups in total. The predicted molar refractivity (Wildman–Crippen MR) is 62.3 cm³/mol. The van der Waals surface area contributed by atoms with Crippen molar-refractivity contribution in [1.82, 2.24) is 5.32 Å². The van der Waals surface area contributed by atoms with E-state index in [0.717, 1.165) is 19.3 Å². The van der Waals surface area contributed by atoms with E-state index >= 15 is 0 Å². The Morgan fingerprint density at radius 2 is 2.06 bits per heavy atom. The normalized spacial score (nSPS) is 16.6. The third-order valence-electron chi connectivity index (χ3n) is 2.88. The highest BCUT2D eigenvalue weighted by Crippen LogP contribution is 2.38. The summed E-state index contributed by atoms with van der Waals surface area (Å²) in [5, 5.41) is 2.96. The Hall–Kier alpha value is -1.51. The number of alkyl carbamates (subject to hydrolysis) is 1. The molecule has 0 atom stereocenters. The smallest absolute Gasteiger partial charge is 0.407 e. The highest BCUT2D eigenvalue weighted by molar-refractivity contribution is 5.69. The molecule has 1 aliphatic carbocycles. The Morgan fingerprint density at radius 1 is 1.38 bits per heavy atom. The summed E-state index contributed by atoms with van der Waals surface area (Å²) in [7, 11) is 0. The molecule has 1 aromatic carbocycles. The van der Waals surface area contributed by atoms with Gasteiger partial charge in [0.25, 0.3) is 0 Å². The third kappa shape index (κ3) is 2.75. The molecule has 0 saturated heterocycles. The van der Waals surface area contributed by atoms with Crippen LogP contribution in [-0.4, -0.2) is 18.2 Å². The quantitative estimate of drug-likeness (QED) is 0.845. The summed E-state index contributed by atoms with van der Waals surface area (Å²) in [4.78, 5) is 11.4. The van der Waals surface area contributed by atoms with Crippen molar-refractivity contribution in [2.45, 2.75) is 31.7 Å². The maximum Gasteiger partial charge on any atom is 0.407 e. The molecule has 0 spiro atoms. The first-order valence-electron chi connectivity index (χ1n) is 5.73. The summed E-state index contributed by atoms with van der Waals surface area (Å²) in [6.07, 6.45) is 2.68. The number of hydrogen-bond donors (Lipinski definition) is 1. The van der Waals surface area contributed by atoms with E-state index in [2.05, 4.69) is 17.4 Å². The number of nitrogens with one attached hydrogen (secondary N) is 1. The van der Waals surface area contributed by atoms with Gasteiger partial charge in [0.2, 0.25) is 0 Å². The maximum absolute atomic E-state index is 11.4. The lowest BCUT2D eigenvalue weighted by Gasteiger charge is -2.16. The van der Waals surface area contributed by atoms with Crippen molar-refractivity contribution < 1.29 is 9.53 Å². The van der Waals surface area contributed by atoms with E-state index in [1.165, 1.54) is 5.56 Å². The number of amides is 1. The Morgan fingerprint density at radius 3 is 2.62 bits per heavy atom. The summed E-state index contributed by atoms with van der Waals surface area (Å²) in [6, 6.07) is 10.2. The fraction of sp³-hybridized carbons (Fsp3) is 0.462. The lowest BCUT2D eigenvalue weighted by Crippen LogP contribution is -2.38. The molecule has 0 radical (unpaired) electrons. The van der Waals surface area contributed by atoms with Crippen molar-refractivity contribution in [1.29, 1.82) is 0 Å². The number of benzene rings is 1.